The number of rotatable bonds is 4. The molecule has 1 aromatic heterocycles. The Balaban J connectivity index is 2.08. The van der Waals surface area contributed by atoms with Crippen molar-refractivity contribution < 1.29 is 9.21 Å². The summed E-state index contributed by atoms with van der Waals surface area (Å²) in [6, 6.07) is 13.6. The van der Waals surface area contributed by atoms with E-state index in [1.807, 2.05) is 30.1 Å². The predicted molar refractivity (Wildman–Crippen MR) is 62.6 cm³/mol. The maximum absolute atomic E-state index is 10.5. The largest absolute Gasteiger partial charge is 0.438 e. The molecule has 82 valence electrons. The van der Waals surface area contributed by atoms with Gasteiger partial charge in [-0.3, -0.25) is 4.79 Å². The molecule has 3 nitrogen and oxygen atoms in total. The lowest BCUT2D eigenvalue weighted by Gasteiger charge is -2.15. The van der Waals surface area contributed by atoms with Crippen molar-refractivity contribution >= 4 is 12.2 Å². The lowest BCUT2D eigenvalue weighted by atomic mass is 10.2. The first-order valence-electron chi connectivity index (χ1n) is 5.09. The Labute approximate surface area is 94.3 Å². The molecule has 0 spiro atoms. The highest BCUT2D eigenvalue weighted by Crippen LogP contribution is 2.18. The molecule has 0 saturated heterocycles. The molecular weight excluding hydrogens is 202 g/mol. The van der Waals surface area contributed by atoms with E-state index in [0.29, 0.717) is 17.9 Å². The molecule has 0 aliphatic rings. The maximum atomic E-state index is 10.5. The van der Waals surface area contributed by atoms with Crippen LogP contribution in [0, 0.1) is 0 Å². The molecule has 2 aromatic rings. The Kier molecular flexibility index (Phi) is 3.05. The van der Waals surface area contributed by atoms with Crippen LogP contribution in [0.5, 0.6) is 0 Å². The normalized spacial score (nSPS) is 10.1. The fourth-order valence-corrected chi connectivity index (χ4v) is 1.55. The highest BCUT2D eigenvalue weighted by molar-refractivity contribution is 5.71. The monoisotopic (exact) mass is 215 g/mol. The summed E-state index contributed by atoms with van der Waals surface area (Å²) in [5.41, 5.74) is 1.20. The quantitative estimate of drug-likeness (QED) is 0.735. The Morgan fingerprint density at radius 2 is 1.94 bits per heavy atom. The van der Waals surface area contributed by atoms with Gasteiger partial charge in [0.2, 0.25) is 0 Å². The second-order valence-electron chi connectivity index (χ2n) is 3.64. The van der Waals surface area contributed by atoms with E-state index in [-0.39, 0.29) is 0 Å². The summed E-state index contributed by atoms with van der Waals surface area (Å²) in [5, 5.41) is 0. The van der Waals surface area contributed by atoms with Crippen molar-refractivity contribution in [2.75, 3.05) is 11.9 Å². The number of hydrogen-bond acceptors (Lipinski definition) is 3. The first-order valence-corrected chi connectivity index (χ1v) is 5.09. The molecular formula is C13H13NO2. The van der Waals surface area contributed by atoms with Crippen LogP contribution < -0.4 is 4.90 Å². The zero-order chi connectivity index (χ0) is 11.4. The number of furan rings is 1. The molecule has 0 fully saturated rings. The summed E-state index contributed by atoms with van der Waals surface area (Å²) in [4.78, 5) is 12.4. The van der Waals surface area contributed by atoms with Crippen LogP contribution in [-0.2, 0) is 6.54 Å². The second kappa shape index (κ2) is 4.66. The van der Waals surface area contributed by atoms with Gasteiger partial charge in [0.15, 0.2) is 17.9 Å². The third-order valence-corrected chi connectivity index (χ3v) is 2.37. The molecule has 0 aliphatic carbocycles. The Bertz CT molecular complexity index is 462. The van der Waals surface area contributed by atoms with E-state index in [2.05, 4.69) is 12.1 Å². The van der Waals surface area contributed by atoms with Gasteiger partial charge in [-0.1, -0.05) is 30.3 Å². The molecule has 0 saturated carbocycles. The minimum Gasteiger partial charge on any atom is -0.438 e. The molecule has 0 amide bonds. The van der Waals surface area contributed by atoms with Crippen molar-refractivity contribution in [2.24, 2.45) is 0 Å². The van der Waals surface area contributed by atoms with Crippen LogP contribution in [0.2, 0.25) is 0 Å². The first kappa shape index (κ1) is 10.5. The zero-order valence-electron chi connectivity index (χ0n) is 9.09. The van der Waals surface area contributed by atoms with Gasteiger partial charge in [-0.25, -0.2) is 0 Å². The molecule has 0 aliphatic heterocycles. The Morgan fingerprint density at radius 1 is 1.19 bits per heavy atom. The third-order valence-electron chi connectivity index (χ3n) is 2.37. The van der Waals surface area contributed by atoms with Crippen molar-refractivity contribution in [3.63, 3.8) is 0 Å². The number of hydrogen-bond donors (Lipinski definition) is 0. The van der Waals surface area contributed by atoms with Gasteiger partial charge in [0, 0.05) is 19.7 Å². The van der Waals surface area contributed by atoms with Gasteiger partial charge >= 0.3 is 0 Å². The predicted octanol–water partition coefficient (Wildman–Crippen LogP) is 2.73. The smallest absolute Gasteiger partial charge is 0.196 e. The van der Waals surface area contributed by atoms with E-state index in [4.69, 9.17) is 4.42 Å². The highest BCUT2D eigenvalue weighted by atomic mass is 16.4. The second-order valence-corrected chi connectivity index (χ2v) is 3.64. The van der Waals surface area contributed by atoms with Crippen molar-refractivity contribution in [1.29, 1.82) is 0 Å². The summed E-state index contributed by atoms with van der Waals surface area (Å²) in [6.07, 6.45) is 0.708. The number of carbonyl (C=O) groups is 1. The molecule has 1 heterocycles. The molecule has 3 heteroatoms. The van der Waals surface area contributed by atoms with Crippen LogP contribution in [0.15, 0.2) is 46.9 Å². The van der Waals surface area contributed by atoms with Crippen molar-refractivity contribution in [3.8, 4) is 0 Å². The van der Waals surface area contributed by atoms with E-state index >= 15 is 0 Å². The average molecular weight is 215 g/mol. The van der Waals surface area contributed by atoms with Gasteiger partial charge in [-0.2, -0.15) is 0 Å². The van der Waals surface area contributed by atoms with Crippen molar-refractivity contribution in [2.45, 2.75) is 6.54 Å². The van der Waals surface area contributed by atoms with Crippen LogP contribution in [0.25, 0.3) is 0 Å². The van der Waals surface area contributed by atoms with Crippen LogP contribution >= 0.6 is 0 Å². The molecule has 0 atom stereocenters. The van der Waals surface area contributed by atoms with Crippen LogP contribution in [0.3, 0.4) is 0 Å². The SMILES string of the molecule is CN(Cc1ccccc1)c1ccc(C=O)o1. The minimum absolute atomic E-state index is 0.356. The van der Waals surface area contributed by atoms with Crippen LogP contribution in [0.4, 0.5) is 5.88 Å². The van der Waals surface area contributed by atoms with Gasteiger partial charge in [0.25, 0.3) is 0 Å². The van der Waals surface area contributed by atoms with Gasteiger partial charge in [-0.15, -0.1) is 0 Å². The summed E-state index contributed by atoms with van der Waals surface area (Å²) in [7, 11) is 1.93. The maximum Gasteiger partial charge on any atom is 0.196 e. The first-order chi connectivity index (χ1) is 7.79. The highest BCUT2D eigenvalue weighted by Gasteiger charge is 2.06. The van der Waals surface area contributed by atoms with Crippen molar-refractivity contribution in [1.82, 2.24) is 0 Å². The summed E-state index contributed by atoms with van der Waals surface area (Å²) < 4.78 is 5.32. The lowest BCUT2D eigenvalue weighted by molar-refractivity contribution is 0.110. The van der Waals surface area contributed by atoms with E-state index in [1.165, 1.54) is 5.56 Å². The fourth-order valence-electron chi connectivity index (χ4n) is 1.55. The minimum atomic E-state index is 0.356. The number of nitrogens with zero attached hydrogens (tertiary/aromatic N) is 1. The summed E-state index contributed by atoms with van der Waals surface area (Å²) in [6.45, 7) is 0.757. The molecule has 0 N–H and O–H groups in total. The Hall–Kier alpha value is -2.03. The molecule has 0 radical (unpaired) electrons. The Morgan fingerprint density at radius 3 is 2.56 bits per heavy atom. The van der Waals surface area contributed by atoms with Gasteiger partial charge in [0.1, 0.15) is 0 Å². The van der Waals surface area contributed by atoms with Gasteiger partial charge in [0.05, 0.1) is 0 Å². The fraction of sp³-hybridized carbons (Fsp3) is 0.154. The topological polar surface area (TPSA) is 33.5 Å². The van der Waals surface area contributed by atoms with Gasteiger partial charge < -0.3 is 9.32 Å². The molecule has 0 bridgehead atoms. The van der Waals surface area contributed by atoms with Crippen LogP contribution in [0.1, 0.15) is 16.1 Å². The molecule has 1 aromatic carbocycles. The standard InChI is InChI=1S/C13H13NO2/c1-14(9-11-5-3-2-4-6-11)13-8-7-12(10-15)16-13/h2-8,10H,9H2,1H3. The van der Waals surface area contributed by atoms with Gasteiger partial charge in [-0.05, 0) is 11.6 Å². The van der Waals surface area contributed by atoms with Crippen molar-refractivity contribution in [3.05, 3.63) is 53.8 Å². The zero-order valence-corrected chi connectivity index (χ0v) is 9.09. The average Bonchev–Trinajstić information content (AvgIpc) is 2.79. The molecule has 2 rings (SSSR count). The van der Waals surface area contributed by atoms with Crippen LogP contribution in [-0.4, -0.2) is 13.3 Å². The lowest BCUT2D eigenvalue weighted by Crippen LogP contribution is -2.15. The van der Waals surface area contributed by atoms with E-state index in [0.717, 1.165) is 6.54 Å². The van der Waals surface area contributed by atoms with E-state index in [9.17, 15) is 4.79 Å². The molecule has 16 heavy (non-hydrogen) atoms. The number of carbonyl (C=O) groups excluding carboxylic acids is 1. The number of aldehydes is 1. The van der Waals surface area contributed by atoms with E-state index in [1.54, 1.807) is 12.1 Å². The number of benzene rings is 1. The third kappa shape index (κ3) is 2.31. The van der Waals surface area contributed by atoms with E-state index < -0.39 is 0 Å². The number of anilines is 1. The summed E-state index contributed by atoms with van der Waals surface area (Å²) >= 11 is 0. The molecule has 0 unspecified atom stereocenters. The summed E-state index contributed by atoms with van der Waals surface area (Å²) in [5.74, 6) is 1.06.